The van der Waals surface area contributed by atoms with Crippen LogP contribution < -0.4 is 14.8 Å². The summed E-state index contributed by atoms with van der Waals surface area (Å²) in [7, 11) is 5.35. The second kappa shape index (κ2) is 10.8. The molecule has 176 valence electrons. The number of amides is 1. The molecule has 0 bridgehead atoms. The lowest BCUT2D eigenvalue weighted by molar-refractivity contribution is -0.121. The van der Waals surface area contributed by atoms with Crippen LogP contribution in [-0.2, 0) is 11.8 Å². The lowest BCUT2D eigenvalue weighted by Gasteiger charge is -2.26. The Morgan fingerprint density at radius 2 is 1.73 bits per heavy atom. The maximum atomic E-state index is 13.1. The van der Waals surface area contributed by atoms with E-state index in [-0.39, 0.29) is 11.8 Å². The normalized spacial score (nSPS) is 15.4. The second-order valence-corrected chi connectivity index (χ2v) is 8.87. The zero-order valence-corrected chi connectivity index (χ0v) is 20.0. The summed E-state index contributed by atoms with van der Waals surface area (Å²) in [5, 5.41) is 4.32. The number of ether oxygens (including phenoxy) is 2. The number of carbonyl (C=O) groups is 1. The molecule has 6 heteroatoms. The molecule has 1 atom stereocenters. The van der Waals surface area contributed by atoms with Gasteiger partial charge in [-0.2, -0.15) is 0 Å². The molecule has 0 saturated carbocycles. The van der Waals surface area contributed by atoms with E-state index in [2.05, 4.69) is 33.1 Å². The summed E-state index contributed by atoms with van der Waals surface area (Å²) in [6, 6.07) is 14.2. The van der Waals surface area contributed by atoms with E-state index in [1.54, 1.807) is 14.2 Å². The summed E-state index contributed by atoms with van der Waals surface area (Å²) < 4.78 is 13.2. The van der Waals surface area contributed by atoms with Gasteiger partial charge in [-0.25, -0.2) is 0 Å². The molecule has 3 aromatic rings. The number of likely N-dealkylation sites (tertiary alicyclic amines) is 1. The third kappa shape index (κ3) is 5.50. The van der Waals surface area contributed by atoms with Gasteiger partial charge in [0.15, 0.2) is 0 Å². The fourth-order valence-electron chi connectivity index (χ4n) is 4.88. The van der Waals surface area contributed by atoms with Gasteiger partial charge < -0.3 is 24.3 Å². The van der Waals surface area contributed by atoms with Crippen molar-refractivity contribution in [3.63, 3.8) is 0 Å². The van der Waals surface area contributed by atoms with Crippen molar-refractivity contribution in [1.82, 2.24) is 14.8 Å². The van der Waals surface area contributed by atoms with Gasteiger partial charge in [-0.15, -0.1) is 0 Å². The molecular formula is C27H35N3O3. The van der Waals surface area contributed by atoms with Gasteiger partial charge in [-0.3, -0.25) is 4.79 Å². The third-order valence-electron chi connectivity index (χ3n) is 6.67. The molecule has 2 aromatic carbocycles. The van der Waals surface area contributed by atoms with Crippen molar-refractivity contribution in [3.05, 3.63) is 59.8 Å². The first-order valence-electron chi connectivity index (χ1n) is 11.8. The maximum Gasteiger partial charge on any atom is 0.220 e. The van der Waals surface area contributed by atoms with Crippen LogP contribution in [0.4, 0.5) is 0 Å². The van der Waals surface area contributed by atoms with Crippen LogP contribution in [0.1, 0.15) is 42.7 Å². The quantitative estimate of drug-likeness (QED) is 0.529. The maximum absolute atomic E-state index is 13.1. The van der Waals surface area contributed by atoms with Crippen molar-refractivity contribution in [3.8, 4) is 11.5 Å². The van der Waals surface area contributed by atoms with Crippen LogP contribution in [0.25, 0.3) is 10.9 Å². The number of rotatable bonds is 9. The van der Waals surface area contributed by atoms with Crippen LogP contribution in [0.5, 0.6) is 11.5 Å². The molecule has 1 aliphatic heterocycles. The van der Waals surface area contributed by atoms with Crippen molar-refractivity contribution in [2.75, 3.05) is 40.4 Å². The molecular weight excluding hydrogens is 414 g/mol. The molecule has 1 saturated heterocycles. The van der Waals surface area contributed by atoms with Crippen molar-refractivity contribution in [2.45, 2.75) is 31.6 Å². The number of fused-ring (bicyclic) bond motifs is 1. The molecule has 6 nitrogen and oxygen atoms in total. The molecule has 2 heterocycles. The number of nitrogens with one attached hydrogen (secondary N) is 1. The van der Waals surface area contributed by atoms with Gasteiger partial charge in [0.25, 0.3) is 0 Å². The topological polar surface area (TPSA) is 55.7 Å². The number of para-hydroxylation sites is 1. The number of aryl methyl sites for hydroxylation is 1. The Bertz CT molecular complexity index is 1060. The van der Waals surface area contributed by atoms with Gasteiger partial charge >= 0.3 is 0 Å². The fraction of sp³-hybridized carbons (Fsp3) is 0.444. The summed E-state index contributed by atoms with van der Waals surface area (Å²) >= 11 is 0. The Labute approximate surface area is 196 Å². The monoisotopic (exact) mass is 449 g/mol. The van der Waals surface area contributed by atoms with Gasteiger partial charge in [0.05, 0.1) is 14.2 Å². The first-order valence-corrected chi connectivity index (χ1v) is 11.8. The van der Waals surface area contributed by atoms with Crippen LogP contribution >= 0.6 is 0 Å². The Balaban J connectivity index is 1.60. The lowest BCUT2D eigenvalue weighted by Crippen LogP contribution is -2.38. The van der Waals surface area contributed by atoms with E-state index < -0.39 is 0 Å². The molecule has 0 radical (unpaired) electrons. The summed E-state index contributed by atoms with van der Waals surface area (Å²) in [6.07, 6.45) is 6.34. The second-order valence-electron chi connectivity index (χ2n) is 8.87. The average Bonchev–Trinajstić information content (AvgIpc) is 3.19. The van der Waals surface area contributed by atoms with E-state index in [0.29, 0.717) is 13.0 Å². The number of benzene rings is 2. The number of aromatic nitrogens is 1. The zero-order valence-electron chi connectivity index (χ0n) is 20.0. The summed E-state index contributed by atoms with van der Waals surface area (Å²) in [5.41, 5.74) is 3.29. The van der Waals surface area contributed by atoms with Crippen LogP contribution in [0.3, 0.4) is 0 Å². The highest BCUT2D eigenvalue weighted by atomic mass is 16.5. The van der Waals surface area contributed by atoms with Crippen molar-refractivity contribution in [1.29, 1.82) is 0 Å². The highest BCUT2D eigenvalue weighted by Crippen LogP contribution is 2.37. The highest BCUT2D eigenvalue weighted by Gasteiger charge is 2.24. The van der Waals surface area contributed by atoms with Gasteiger partial charge in [0.1, 0.15) is 11.5 Å². The molecule has 1 N–H and O–H groups in total. The van der Waals surface area contributed by atoms with E-state index in [0.717, 1.165) is 53.2 Å². The molecule has 33 heavy (non-hydrogen) atoms. The van der Waals surface area contributed by atoms with E-state index in [4.69, 9.17) is 9.47 Å². The molecule has 1 fully saturated rings. The van der Waals surface area contributed by atoms with E-state index in [9.17, 15) is 4.79 Å². The Hall–Kier alpha value is -2.99. The summed E-state index contributed by atoms with van der Waals surface area (Å²) in [5.74, 6) is 1.39. The minimum atomic E-state index is -0.116. The van der Waals surface area contributed by atoms with Crippen molar-refractivity contribution >= 4 is 16.8 Å². The van der Waals surface area contributed by atoms with Crippen molar-refractivity contribution in [2.24, 2.45) is 7.05 Å². The molecule has 0 spiro atoms. The molecule has 4 rings (SSSR count). The van der Waals surface area contributed by atoms with Crippen LogP contribution in [0, 0.1) is 0 Å². The summed E-state index contributed by atoms with van der Waals surface area (Å²) in [6.45, 7) is 3.87. The molecule has 0 aliphatic carbocycles. The predicted octanol–water partition coefficient (Wildman–Crippen LogP) is 4.32. The zero-order chi connectivity index (χ0) is 23.2. The van der Waals surface area contributed by atoms with Crippen LogP contribution in [-0.4, -0.2) is 55.8 Å². The minimum absolute atomic E-state index is 0.0618. The fourth-order valence-corrected chi connectivity index (χ4v) is 4.88. The van der Waals surface area contributed by atoms with Gasteiger partial charge in [-0.1, -0.05) is 24.6 Å². The Morgan fingerprint density at radius 1 is 1.03 bits per heavy atom. The first-order chi connectivity index (χ1) is 16.1. The number of methoxy groups -OCH3 is 2. The van der Waals surface area contributed by atoms with Crippen molar-refractivity contribution < 1.29 is 14.3 Å². The van der Waals surface area contributed by atoms with Crippen LogP contribution in [0.15, 0.2) is 48.7 Å². The Morgan fingerprint density at radius 3 is 2.42 bits per heavy atom. The predicted molar refractivity (Wildman–Crippen MR) is 132 cm³/mol. The number of nitrogens with zero attached hydrogens (tertiary/aromatic N) is 2. The number of carbonyl (C=O) groups excluding carboxylic acids is 1. The number of hydrogen-bond acceptors (Lipinski definition) is 4. The Kier molecular flexibility index (Phi) is 7.55. The lowest BCUT2D eigenvalue weighted by atomic mass is 9.87. The average molecular weight is 450 g/mol. The van der Waals surface area contributed by atoms with E-state index in [1.807, 2.05) is 37.4 Å². The smallest absolute Gasteiger partial charge is 0.220 e. The minimum Gasteiger partial charge on any atom is -0.497 e. The van der Waals surface area contributed by atoms with E-state index in [1.165, 1.54) is 19.3 Å². The van der Waals surface area contributed by atoms with Gasteiger partial charge in [0, 0.05) is 55.6 Å². The van der Waals surface area contributed by atoms with Crippen LogP contribution in [0.2, 0.25) is 0 Å². The number of piperidine rings is 1. The van der Waals surface area contributed by atoms with E-state index >= 15 is 0 Å². The molecule has 1 amide bonds. The molecule has 1 aromatic heterocycles. The standard InChI is InChI=1S/C27H35N3O3/c1-29-19-25(23-9-5-6-10-26(23)29)24(20-15-21(32-2)17-22(16-20)33-3)18-27(31)28-11-14-30-12-7-4-8-13-30/h5-6,9-10,15-17,19,24H,4,7-8,11-14,18H2,1-3H3,(H,28,31). The first kappa shape index (κ1) is 23.2. The van der Waals surface area contributed by atoms with Gasteiger partial charge in [-0.05, 0) is 55.3 Å². The third-order valence-corrected chi connectivity index (χ3v) is 6.67. The molecule has 1 unspecified atom stereocenters. The van der Waals surface area contributed by atoms with Gasteiger partial charge in [0.2, 0.25) is 5.91 Å². The number of hydrogen-bond donors (Lipinski definition) is 1. The largest absolute Gasteiger partial charge is 0.497 e. The SMILES string of the molecule is COc1cc(OC)cc(C(CC(=O)NCCN2CCCCC2)c2cn(C)c3ccccc23)c1. The highest BCUT2D eigenvalue weighted by molar-refractivity contribution is 5.86. The summed E-state index contributed by atoms with van der Waals surface area (Å²) in [4.78, 5) is 15.5. The molecule has 1 aliphatic rings.